The van der Waals surface area contributed by atoms with E-state index in [1.54, 1.807) is 0 Å². The molecule has 3 rings (SSSR count). The number of rotatable bonds is 5. The maximum Gasteiger partial charge on any atom is 0.417 e. The van der Waals surface area contributed by atoms with E-state index in [1.165, 1.54) is 6.20 Å². The Morgan fingerprint density at radius 3 is 2.75 bits per heavy atom. The van der Waals surface area contributed by atoms with Crippen LogP contribution in [0.25, 0.3) is 5.82 Å². The molecule has 1 saturated heterocycles. The van der Waals surface area contributed by atoms with Crippen LogP contribution in [0.2, 0.25) is 5.02 Å². The first-order chi connectivity index (χ1) is 13.3. The summed E-state index contributed by atoms with van der Waals surface area (Å²) in [6.07, 6.45) is -0.216. The lowest BCUT2D eigenvalue weighted by atomic mass is 9.98. The fraction of sp³-hybridized carbons (Fsp3) is 0.500. The number of halogens is 4. The second kappa shape index (κ2) is 8.48. The first-order valence-electron chi connectivity index (χ1n) is 9.07. The highest BCUT2D eigenvalue weighted by Crippen LogP contribution is 2.28. The van der Waals surface area contributed by atoms with Crippen LogP contribution in [0.5, 0.6) is 0 Å². The summed E-state index contributed by atoms with van der Waals surface area (Å²) < 4.78 is 38.8. The fourth-order valence-corrected chi connectivity index (χ4v) is 3.45. The lowest BCUT2D eigenvalue weighted by Crippen LogP contribution is -2.38. The number of hydrogen-bond acceptors (Lipinski definition) is 5. The summed E-state index contributed by atoms with van der Waals surface area (Å²) in [6.45, 7) is 5.90. The molecular weight excluding hydrogens is 395 g/mol. The topological polar surface area (TPSA) is 63.1 Å². The quantitative estimate of drug-likeness (QED) is 0.810. The van der Waals surface area contributed by atoms with E-state index >= 15 is 0 Å². The van der Waals surface area contributed by atoms with Crippen molar-refractivity contribution >= 4 is 17.3 Å². The van der Waals surface area contributed by atoms with Crippen LogP contribution in [-0.2, 0) is 6.18 Å². The van der Waals surface area contributed by atoms with Crippen molar-refractivity contribution in [3.8, 4) is 5.82 Å². The van der Waals surface area contributed by atoms with Gasteiger partial charge in [-0.2, -0.15) is 23.0 Å². The van der Waals surface area contributed by atoms with E-state index in [0.29, 0.717) is 24.3 Å². The van der Waals surface area contributed by atoms with Gasteiger partial charge in [0.25, 0.3) is 5.56 Å². The lowest BCUT2D eigenvalue weighted by Gasteiger charge is -2.32. The average molecular weight is 416 g/mol. The Morgan fingerprint density at radius 2 is 2.11 bits per heavy atom. The fourth-order valence-electron chi connectivity index (χ4n) is 3.26. The van der Waals surface area contributed by atoms with Gasteiger partial charge in [-0.3, -0.25) is 4.79 Å². The second-order valence-corrected chi connectivity index (χ2v) is 7.15. The van der Waals surface area contributed by atoms with Crippen molar-refractivity contribution in [1.29, 1.82) is 0 Å². The van der Waals surface area contributed by atoms with Gasteiger partial charge in [-0.1, -0.05) is 18.5 Å². The van der Waals surface area contributed by atoms with E-state index in [0.717, 1.165) is 49.3 Å². The minimum absolute atomic E-state index is 0.0303. The molecule has 0 bridgehead atoms. The SMILES string of the molecule is CCN1CCCC(CNc2cnn(-c3ccc(C(F)(F)F)cn3)c(=O)c2Cl)C1. The van der Waals surface area contributed by atoms with E-state index in [-0.39, 0.29) is 10.8 Å². The number of alkyl halides is 3. The average Bonchev–Trinajstić information content (AvgIpc) is 2.69. The third-order valence-corrected chi connectivity index (χ3v) is 5.21. The Kier molecular flexibility index (Phi) is 6.24. The van der Waals surface area contributed by atoms with Gasteiger partial charge in [0.15, 0.2) is 5.82 Å². The predicted octanol–water partition coefficient (Wildman–Crippen LogP) is 3.44. The molecule has 10 heteroatoms. The Hall–Kier alpha value is -2.13. The minimum atomic E-state index is -4.50. The highest BCUT2D eigenvalue weighted by Gasteiger charge is 2.30. The molecule has 6 nitrogen and oxygen atoms in total. The number of nitrogens with zero attached hydrogens (tertiary/aromatic N) is 4. The number of anilines is 1. The first-order valence-corrected chi connectivity index (χ1v) is 9.45. The van der Waals surface area contributed by atoms with Crippen LogP contribution in [0.15, 0.2) is 29.3 Å². The molecule has 28 heavy (non-hydrogen) atoms. The molecule has 152 valence electrons. The molecule has 0 saturated carbocycles. The highest BCUT2D eigenvalue weighted by molar-refractivity contribution is 6.32. The number of aromatic nitrogens is 3. The molecule has 0 spiro atoms. The van der Waals surface area contributed by atoms with Crippen LogP contribution in [-0.4, -0.2) is 45.8 Å². The van der Waals surface area contributed by atoms with E-state index in [4.69, 9.17) is 11.6 Å². The summed E-state index contributed by atoms with van der Waals surface area (Å²) in [4.78, 5) is 18.5. The third kappa shape index (κ3) is 4.64. The van der Waals surface area contributed by atoms with Crippen molar-refractivity contribution in [3.63, 3.8) is 0 Å². The Morgan fingerprint density at radius 1 is 1.32 bits per heavy atom. The molecule has 3 heterocycles. The van der Waals surface area contributed by atoms with Gasteiger partial charge in [0.1, 0.15) is 5.02 Å². The smallest absolute Gasteiger partial charge is 0.382 e. The van der Waals surface area contributed by atoms with Crippen LogP contribution < -0.4 is 10.9 Å². The molecule has 1 atom stereocenters. The summed E-state index contributed by atoms with van der Waals surface area (Å²) in [6, 6.07) is 1.93. The minimum Gasteiger partial charge on any atom is -0.382 e. The normalized spacial score (nSPS) is 18.2. The van der Waals surface area contributed by atoms with Gasteiger partial charge in [0.05, 0.1) is 17.4 Å². The molecular formula is C18H21ClF3N5O. The van der Waals surface area contributed by atoms with Gasteiger partial charge in [-0.15, -0.1) is 0 Å². The summed E-state index contributed by atoms with van der Waals surface area (Å²) in [7, 11) is 0. The molecule has 2 aromatic rings. The zero-order valence-corrected chi connectivity index (χ0v) is 16.1. The van der Waals surface area contributed by atoms with E-state index in [1.807, 2.05) is 0 Å². The number of piperidine rings is 1. The van der Waals surface area contributed by atoms with E-state index < -0.39 is 17.3 Å². The van der Waals surface area contributed by atoms with Gasteiger partial charge in [-0.05, 0) is 44.0 Å². The highest BCUT2D eigenvalue weighted by atomic mass is 35.5. The van der Waals surface area contributed by atoms with Crippen molar-refractivity contribution in [1.82, 2.24) is 19.7 Å². The van der Waals surface area contributed by atoms with Gasteiger partial charge < -0.3 is 10.2 Å². The molecule has 1 fully saturated rings. The zero-order chi connectivity index (χ0) is 20.3. The molecule has 0 aromatic carbocycles. The summed E-state index contributed by atoms with van der Waals surface area (Å²) in [5, 5.41) is 7.10. The molecule has 0 radical (unpaired) electrons. The first kappa shape index (κ1) is 20.6. The monoisotopic (exact) mass is 415 g/mol. The van der Waals surface area contributed by atoms with Crippen molar-refractivity contribution in [2.45, 2.75) is 25.9 Å². The van der Waals surface area contributed by atoms with Crippen LogP contribution in [0, 0.1) is 5.92 Å². The molecule has 1 aliphatic rings. The van der Waals surface area contributed by atoms with Crippen LogP contribution >= 0.6 is 11.6 Å². The number of nitrogens with one attached hydrogen (secondary N) is 1. The van der Waals surface area contributed by atoms with Crippen molar-refractivity contribution in [3.05, 3.63) is 45.5 Å². The van der Waals surface area contributed by atoms with Crippen molar-refractivity contribution in [2.75, 3.05) is 31.5 Å². The Balaban J connectivity index is 1.73. The maximum absolute atomic E-state index is 12.6. The van der Waals surface area contributed by atoms with Crippen molar-refractivity contribution in [2.24, 2.45) is 5.92 Å². The lowest BCUT2D eigenvalue weighted by molar-refractivity contribution is -0.137. The molecule has 0 aliphatic carbocycles. The van der Waals surface area contributed by atoms with Gasteiger partial charge in [-0.25, -0.2) is 4.98 Å². The maximum atomic E-state index is 12.6. The summed E-state index contributed by atoms with van der Waals surface area (Å²) >= 11 is 6.17. The van der Waals surface area contributed by atoms with Crippen LogP contribution in [0.1, 0.15) is 25.3 Å². The van der Waals surface area contributed by atoms with Gasteiger partial charge >= 0.3 is 6.18 Å². The molecule has 2 aromatic heterocycles. The molecule has 1 N–H and O–H groups in total. The largest absolute Gasteiger partial charge is 0.417 e. The molecule has 1 unspecified atom stereocenters. The Bertz CT molecular complexity index is 869. The molecule has 1 aliphatic heterocycles. The number of likely N-dealkylation sites (tertiary alicyclic amines) is 1. The van der Waals surface area contributed by atoms with E-state index in [9.17, 15) is 18.0 Å². The number of hydrogen-bond donors (Lipinski definition) is 1. The van der Waals surface area contributed by atoms with Crippen LogP contribution in [0.3, 0.4) is 0 Å². The van der Waals surface area contributed by atoms with Crippen molar-refractivity contribution < 1.29 is 13.2 Å². The number of pyridine rings is 1. The van der Waals surface area contributed by atoms with Gasteiger partial charge in [0, 0.05) is 19.3 Å². The summed E-state index contributed by atoms with van der Waals surface area (Å²) in [5.41, 5.74) is -1.14. The zero-order valence-electron chi connectivity index (χ0n) is 15.3. The van der Waals surface area contributed by atoms with Crippen LogP contribution in [0.4, 0.5) is 18.9 Å². The predicted molar refractivity (Wildman–Crippen MR) is 101 cm³/mol. The second-order valence-electron chi connectivity index (χ2n) is 6.77. The van der Waals surface area contributed by atoms with E-state index in [2.05, 4.69) is 27.2 Å². The third-order valence-electron chi connectivity index (χ3n) is 4.84. The Labute approximate surface area is 165 Å². The van der Waals surface area contributed by atoms with Gasteiger partial charge in [0.2, 0.25) is 0 Å². The standard InChI is InChI=1S/C18H21ClF3N5O/c1-2-26-7-3-4-12(11-26)8-23-14-10-25-27(17(28)16(14)19)15-6-5-13(9-24-15)18(20,21)22/h5-6,9-10,12,23H,2-4,7-8,11H2,1H3. The summed E-state index contributed by atoms with van der Waals surface area (Å²) in [5.74, 6) is 0.418. The molecule has 0 amide bonds.